The van der Waals surface area contributed by atoms with E-state index in [1.807, 2.05) is 200 Å². The Labute approximate surface area is 458 Å². The monoisotopic (exact) mass is 1150 g/mol. The molecule has 0 fully saturated rings. The number of phenolic OH excluding ortho intramolecular Hbond substituents is 2. The Morgan fingerprint density at radius 3 is 0.914 bits per heavy atom. The lowest BCUT2D eigenvalue weighted by molar-refractivity contribution is 0.377. The maximum atomic E-state index is 11.3. The maximum Gasteiger partial charge on any atom is 0.140 e. The summed E-state index contributed by atoms with van der Waals surface area (Å²) < 4.78 is 33.4. The van der Waals surface area contributed by atoms with E-state index in [1.165, 1.54) is 0 Å². The van der Waals surface area contributed by atoms with Gasteiger partial charge in [-0.1, -0.05) is 142 Å². The number of benzene rings is 7. The number of thiol groups is 5. The minimum Gasteiger partial charge on any atom is -0.508 e. The van der Waals surface area contributed by atoms with Gasteiger partial charge in [-0.05, 0) is 149 Å². The molecule has 0 aliphatic carbocycles. The van der Waals surface area contributed by atoms with E-state index in [9.17, 15) is 9.13 Å². The molecule has 384 valence electrons. The number of aromatic hydroxyl groups is 2. The van der Waals surface area contributed by atoms with Crippen molar-refractivity contribution >= 4 is 93.4 Å². The van der Waals surface area contributed by atoms with Crippen LogP contribution in [-0.4, -0.2) is 54.9 Å². The number of hydrogen-bond acceptors (Lipinski definition) is 11. The lowest BCUT2D eigenvalue weighted by atomic mass is 10.2. The molecule has 0 spiro atoms. The summed E-state index contributed by atoms with van der Waals surface area (Å²) in [5.41, 5.74) is 2.24. The van der Waals surface area contributed by atoms with Gasteiger partial charge in [0.15, 0.2) is 0 Å². The molecule has 6 nitrogen and oxygen atoms in total. The van der Waals surface area contributed by atoms with Gasteiger partial charge in [0, 0.05) is 29.8 Å². The SMILES string of the molecule is CC.CC.CCBr.CP(C)(=O)COc1cccc(S)c1.Cc1cccc(O)c1.Cc1cccc(OCP(C)(C)=O)c1.Oc1cccc(S)c1.Sc1ccccc1.Sc1ccccc1.Sc1ccccc1. The smallest absolute Gasteiger partial charge is 0.140 e. The fourth-order valence-corrected chi connectivity index (χ4v) is 6.01. The number of alkyl halides is 1. The third-order valence-electron chi connectivity index (χ3n) is 6.99. The Morgan fingerprint density at radius 1 is 0.414 bits per heavy atom. The standard InChI is InChI=1S/C10H15O2P.C9H13O2PS.C7H8O.C6H6OS.3C6H6S.C2H5Br.2C2H6/c1-9-5-4-6-10(7-9)12-8-13(2,3)11;1-12(2,10)7-11-8-4-3-5-9(13)6-8;1-6-3-2-4-7(8)5-6;7-5-2-1-3-6(8)4-5;3*7-6-4-2-1-3-5-6;1-2-3;2*1-2/h4-7H,8H2,1-3H3;3-6,13H,7H2,1-2H3;2-5,8H,1H3;1-4,7-8H;3*1-5,7H;2H2,1H3;2*1-2H3. The van der Waals surface area contributed by atoms with E-state index < -0.39 is 14.3 Å². The molecule has 0 amide bonds. The molecule has 0 aliphatic rings. The van der Waals surface area contributed by atoms with Gasteiger partial charge >= 0.3 is 0 Å². The van der Waals surface area contributed by atoms with E-state index in [4.69, 9.17) is 19.7 Å². The molecule has 7 aromatic rings. The minimum absolute atomic E-state index is 0.262. The van der Waals surface area contributed by atoms with Crippen LogP contribution in [0.2, 0.25) is 0 Å². The van der Waals surface area contributed by atoms with E-state index in [0.29, 0.717) is 12.1 Å². The molecule has 0 saturated heterocycles. The van der Waals surface area contributed by atoms with Crippen LogP contribution in [0.5, 0.6) is 23.0 Å². The molecule has 2 N–H and O–H groups in total. The Hall–Kier alpha value is -3.57. The molecular formula is C56H77BrO6P2S5. The lowest BCUT2D eigenvalue weighted by Gasteiger charge is -2.09. The first-order valence-electron chi connectivity index (χ1n) is 22.3. The summed E-state index contributed by atoms with van der Waals surface area (Å²) in [6, 6.07) is 58.4. The predicted octanol–water partition coefficient (Wildman–Crippen LogP) is 18.6. The van der Waals surface area contributed by atoms with Crippen LogP contribution in [0.25, 0.3) is 0 Å². The Morgan fingerprint density at radius 2 is 0.686 bits per heavy atom. The summed E-state index contributed by atoms with van der Waals surface area (Å²) in [6.45, 7) is 20.9. The molecule has 0 atom stereocenters. The number of phenols is 2. The van der Waals surface area contributed by atoms with Crippen LogP contribution < -0.4 is 9.47 Å². The first kappa shape index (κ1) is 70.7. The minimum atomic E-state index is -2.09. The fraction of sp³-hybridized carbons (Fsp3) is 0.250. The molecule has 0 saturated carbocycles. The summed E-state index contributed by atoms with van der Waals surface area (Å²) in [5.74, 6) is 2.11. The summed E-state index contributed by atoms with van der Waals surface area (Å²) in [7, 11) is -4.16. The Bertz CT molecular complexity index is 2150. The second-order valence-electron chi connectivity index (χ2n) is 14.6. The van der Waals surface area contributed by atoms with Gasteiger partial charge in [-0.15, -0.1) is 63.1 Å². The second-order valence-corrected chi connectivity index (χ2v) is 25.2. The van der Waals surface area contributed by atoms with Crippen molar-refractivity contribution in [2.24, 2.45) is 0 Å². The van der Waals surface area contributed by atoms with Crippen molar-refractivity contribution in [1.82, 2.24) is 0 Å². The van der Waals surface area contributed by atoms with Crippen molar-refractivity contribution in [3.63, 3.8) is 0 Å². The topological polar surface area (TPSA) is 93.1 Å². The molecule has 0 aromatic heterocycles. The summed E-state index contributed by atoms with van der Waals surface area (Å²) in [5, 5.41) is 18.6. The van der Waals surface area contributed by atoms with E-state index >= 15 is 0 Å². The number of rotatable bonds is 6. The van der Waals surface area contributed by atoms with Gasteiger partial charge in [0.25, 0.3) is 0 Å². The average molecular weight is 1150 g/mol. The van der Waals surface area contributed by atoms with Crippen LogP contribution in [0.15, 0.2) is 213 Å². The molecular weight excluding hydrogens is 1070 g/mol. The summed E-state index contributed by atoms with van der Waals surface area (Å²) >= 11 is 23.6. The van der Waals surface area contributed by atoms with E-state index in [-0.39, 0.29) is 12.1 Å². The van der Waals surface area contributed by atoms with Crippen molar-refractivity contribution in [3.8, 4) is 23.0 Å². The van der Waals surface area contributed by atoms with Crippen molar-refractivity contribution in [3.05, 3.63) is 199 Å². The highest BCUT2D eigenvalue weighted by Crippen LogP contribution is 2.36. The van der Waals surface area contributed by atoms with Crippen molar-refractivity contribution in [2.75, 3.05) is 44.7 Å². The second kappa shape index (κ2) is 45.3. The fourth-order valence-electron chi connectivity index (χ4n) is 4.14. The van der Waals surface area contributed by atoms with Crippen LogP contribution in [0.3, 0.4) is 0 Å². The molecule has 0 unspecified atom stereocenters. The molecule has 0 heterocycles. The normalized spacial score (nSPS) is 9.33. The van der Waals surface area contributed by atoms with Gasteiger partial charge in [-0.25, -0.2) is 0 Å². The zero-order chi connectivity index (χ0) is 53.8. The van der Waals surface area contributed by atoms with Gasteiger partial charge in [0.2, 0.25) is 0 Å². The maximum absolute atomic E-state index is 11.3. The van der Waals surface area contributed by atoms with Crippen molar-refractivity contribution < 1.29 is 28.8 Å². The number of ether oxygens (including phenoxy) is 2. The first-order chi connectivity index (χ1) is 33.1. The van der Waals surface area contributed by atoms with Crippen LogP contribution in [0.4, 0.5) is 0 Å². The first-order valence-corrected chi connectivity index (χ1v) is 31.3. The third kappa shape index (κ3) is 49.4. The third-order valence-corrected chi connectivity index (χ3v) is 9.94. The van der Waals surface area contributed by atoms with Crippen molar-refractivity contribution in [2.45, 2.75) is 72.9 Å². The average Bonchev–Trinajstić information content (AvgIpc) is 3.31. The van der Waals surface area contributed by atoms with E-state index in [1.54, 1.807) is 63.1 Å². The van der Waals surface area contributed by atoms with Crippen LogP contribution >= 0.6 is 93.4 Å². The molecule has 14 heteroatoms. The summed E-state index contributed by atoms with van der Waals surface area (Å²) in [6.07, 6.45) is 0.598. The van der Waals surface area contributed by atoms with Crippen LogP contribution in [0, 0.1) is 13.8 Å². The van der Waals surface area contributed by atoms with Crippen LogP contribution in [-0.2, 0) is 9.13 Å². The zero-order valence-electron chi connectivity index (χ0n) is 42.6. The number of aryl methyl sites for hydroxylation is 2. The molecule has 0 radical (unpaired) electrons. The van der Waals surface area contributed by atoms with Crippen molar-refractivity contribution in [1.29, 1.82) is 0 Å². The quantitative estimate of drug-likeness (QED) is 0.0510. The number of halogens is 1. The van der Waals surface area contributed by atoms with Gasteiger partial charge < -0.3 is 28.8 Å². The summed E-state index contributed by atoms with van der Waals surface area (Å²) in [4.78, 5) is 4.68. The Balaban J connectivity index is -0.000000742. The Kier molecular flexibility index (Phi) is 45.7. The van der Waals surface area contributed by atoms with Gasteiger partial charge in [-0.2, -0.15) is 0 Å². The highest BCUT2D eigenvalue weighted by atomic mass is 79.9. The van der Waals surface area contributed by atoms with Gasteiger partial charge in [0.05, 0.1) is 0 Å². The number of hydrogen-bond donors (Lipinski definition) is 7. The van der Waals surface area contributed by atoms with Gasteiger partial charge in [0.1, 0.15) is 50.0 Å². The van der Waals surface area contributed by atoms with Gasteiger partial charge in [-0.3, -0.25) is 0 Å². The van der Waals surface area contributed by atoms with Crippen LogP contribution in [0.1, 0.15) is 45.7 Å². The highest BCUT2D eigenvalue weighted by molar-refractivity contribution is 9.09. The molecule has 0 aliphatic heterocycles. The highest BCUT2D eigenvalue weighted by Gasteiger charge is 2.08. The molecule has 0 bridgehead atoms. The lowest BCUT2D eigenvalue weighted by Crippen LogP contribution is -1.96. The zero-order valence-corrected chi connectivity index (χ0v) is 50.4. The molecule has 7 rings (SSSR count). The van der Waals surface area contributed by atoms with E-state index in [2.05, 4.69) is 79.1 Å². The largest absolute Gasteiger partial charge is 0.508 e. The van der Waals surface area contributed by atoms with E-state index in [0.717, 1.165) is 52.4 Å². The predicted molar refractivity (Wildman–Crippen MR) is 326 cm³/mol. The molecule has 70 heavy (non-hydrogen) atoms. The molecule has 7 aromatic carbocycles.